The summed E-state index contributed by atoms with van der Waals surface area (Å²) in [5.41, 5.74) is 2.84. The molecule has 1 unspecified atom stereocenters. The molecule has 0 aliphatic carbocycles. The molecule has 5 rings (SSSR count). The Morgan fingerprint density at radius 3 is 2.58 bits per heavy atom. The normalized spacial score (nSPS) is 21.0. The Hall–Kier alpha value is -3.48. The standard InChI is InChI=1S/C31H39N3O4/c1-5-8-11-16-33-20-27(35)34-19-23(21-14-15-25(38-17-6-2)26(18-21)37-7-3)28-22-12-9-10-13-24(22)32-29(28)31(34,4)30(33)36/h9-10,12-15,18,23,32H,5-8,11,16-17,19-20H2,1-4H3/t23?,31-/m0/s1. The van der Waals surface area contributed by atoms with Crippen LogP contribution < -0.4 is 9.47 Å². The van der Waals surface area contributed by atoms with E-state index in [4.69, 9.17) is 9.47 Å². The molecule has 202 valence electrons. The van der Waals surface area contributed by atoms with E-state index >= 15 is 0 Å². The van der Waals surface area contributed by atoms with Crippen molar-refractivity contribution in [2.75, 3.05) is 32.8 Å². The van der Waals surface area contributed by atoms with E-state index < -0.39 is 5.54 Å². The summed E-state index contributed by atoms with van der Waals surface area (Å²) in [4.78, 5) is 34.8. The van der Waals surface area contributed by atoms with Crippen LogP contribution in [0.5, 0.6) is 11.5 Å². The maximum absolute atomic E-state index is 14.1. The maximum atomic E-state index is 14.1. The molecule has 0 radical (unpaired) electrons. The van der Waals surface area contributed by atoms with Crippen molar-refractivity contribution >= 4 is 22.7 Å². The van der Waals surface area contributed by atoms with E-state index in [0.29, 0.717) is 32.1 Å². The Kier molecular flexibility index (Phi) is 7.37. The number of nitrogens with one attached hydrogen (secondary N) is 1. The highest BCUT2D eigenvalue weighted by Gasteiger charge is 2.56. The minimum atomic E-state index is -1.07. The second-order valence-electron chi connectivity index (χ2n) is 10.5. The Labute approximate surface area is 225 Å². The van der Waals surface area contributed by atoms with Crippen LogP contribution in [0.15, 0.2) is 42.5 Å². The highest BCUT2D eigenvalue weighted by atomic mass is 16.5. The molecule has 3 heterocycles. The molecule has 0 bridgehead atoms. The SMILES string of the molecule is CCCCCN1CC(=O)N2CC(c3ccc(OCCC)c(OCC)c3)c3c([nH]c4ccccc34)[C@@]2(C)C1=O. The summed E-state index contributed by atoms with van der Waals surface area (Å²) in [5.74, 6) is 1.31. The van der Waals surface area contributed by atoms with Crippen molar-refractivity contribution in [2.24, 2.45) is 0 Å². The summed E-state index contributed by atoms with van der Waals surface area (Å²) < 4.78 is 11.9. The van der Waals surface area contributed by atoms with Gasteiger partial charge in [0.25, 0.3) is 5.91 Å². The van der Waals surface area contributed by atoms with Crippen molar-refractivity contribution in [3.05, 3.63) is 59.3 Å². The molecule has 7 nitrogen and oxygen atoms in total. The minimum Gasteiger partial charge on any atom is -0.490 e. The van der Waals surface area contributed by atoms with E-state index in [1.807, 2.05) is 44.2 Å². The lowest BCUT2D eigenvalue weighted by molar-refractivity contribution is -0.166. The van der Waals surface area contributed by atoms with Crippen LogP contribution in [0.1, 0.15) is 76.1 Å². The molecule has 0 saturated carbocycles. The zero-order valence-corrected chi connectivity index (χ0v) is 23.0. The molecule has 1 N–H and O–H groups in total. The first-order valence-corrected chi connectivity index (χ1v) is 14.0. The molecular formula is C31H39N3O4. The molecule has 1 aromatic heterocycles. The first-order valence-electron chi connectivity index (χ1n) is 14.0. The Morgan fingerprint density at radius 2 is 1.82 bits per heavy atom. The molecule has 3 aromatic rings. The van der Waals surface area contributed by atoms with E-state index in [2.05, 4.69) is 31.0 Å². The van der Waals surface area contributed by atoms with Crippen molar-refractivity contribution in [3.63, 3.8) is 0 Å². The fourth-order valence-corrected chi connectivity index (χ4v) is 6.05. The van der Waals surface area contributed by atoms with Gasteiger partial charge in [-0.25, -0.2) is 0 Å². The predicted molar refractivity (Wildman–Crippen MR) is 149 cm³/mol. The van der Waals surface area contributed by atoms with Crippen molar-refractivity contribution in [2.45, 2.75) is 64.8 Å². The van der Waals surface area contributed by atoms with Gasteiger partial charge in [0.05, 0.1) is 25.5 Å². The number of H-pyrrole nitrogens is 1. The minimum absolute atomic E-state index is 0.00206. The Morgan fingerprint density at radius 1 is 1.00 bits per heavy atom. The average Bonchev–Trinajstić information content (AvgIpc) is 3.32. The number of hydrogen-bond acceptors (Lipinski definition) is 4. The lowest BCUT2D eigenvalue weighted by Gasteiger charge is -2.51. The van der Waals surface area contributed by atoms with Gasteiger partial charge in [-0.05, 0) is 56.0 Å². The number of carbonyl (C=O) groups excluding carboxylic acids is 2. The molecule has 2 aromatic carbocycles. The number of para-hydroxylation sites is 1. The van der Waals surface area contributed by atoms with Crippen LogP contribution in [0.3, 0.4) is 0 Å². The van der Waals surface area contributed by atoms with E-state index in [9.17, 15) is 9.59 Å². The number of fused-ring (bicyclic) bond motifs is 5. The number of amides is 2. The number of rotatable bonds is 10. The third kappa shape index (κ3) is 4.32. The topological polar surface area (TPSA) is 74.9 Å². The van der Waals surface area contributed by atoms with Gasteiger partial charge in [-0.2, -0.15) is 0 Å². The molecule has 2 aliphatic rings. The molecule has 0 spiro atoms. The van der Waals surface area contributed by atoms with E-state index in [0.717, 1.165) is 59.2 Å². The lowest BCUT2D eigenvalue weighted by atomic mass is 9.76. The average molecular weight is 518 g/mol. The van der Waals surface area contributed by atoms with Gasteiger partial charge in [0.15, 0.2) is 17.0 Å². The Balaban J connectivity index is 1.63. The zero-order valence-electron chi connectivity index (χ0n) is 23.0. The quantitative estimate of drug-likeness (QED) is 0.357. The number of aromatic nitrogens is 1. The van der Waals surface area contributed by atoms with Gasteiger partial charge in [-0.15, -0.1) is 0 Å². The number of aromatic amines is 1. The summed E-state index contributed by atoms with van der Waals surface area (Å²) >= 11 is 0. The fraction of sp³-hybridized carbons (Fsp3) is 0.484. The lowest BCUT2D eigenvalue weighted by Crippen LogP contribution is -2.67. The van der Waals surface area contributed by atoms with Gasteiger partial charge in [0, 0.05) is 29.9 Å². The third-order valence-corrected chi connectivity index (χ3v) is 7.98. The van der Waals surface area contributed by atoms with Crippen molar-refractivity contribution in [1.29, 1.82) is 0 Å². The second kappa shape index (κ2) is 10.7. The van der Waals surface area contributed by atoms with Crippen LogP contribution in [0, 0.1) is 0 Å². The molecule has 2 atom stereocenters. The van der Waals surface area contributed by atoms with E-state index in [-0.39, 0.29) is 24.3 Å². The zero-order chi connectivity index (χ0) is 26.9. The molecule has 1 saturated heterocycles. The van der Waals surface area contributed by atoms with Crippen molar-refractivity contribution in [1.82, 2.24) is 14.8 Å². The van der Waals surface area contributed by atoms with Crippen LogP contribution in [-0.2, 0) is 15.1 Å². The highest BCUT2D eigenvalue weighted by Crippen LogP contribution is 2.49. The van der Waals surface area contributed by atoms with Gasteiger partial charge in [-0.3, -0.25) is 9.59 Å². The summed E-state index contributed by atoms with van der Waals surface area (Å²) in [6.45, 7) is 10.4. The van der Waals surface area contributed by atoms with Gasteiger partial charge in [-0.1, -0.05) is 51.0 Å². The number of ether oxygens (including phenoxy) is 2. The summed E-state index contributed by atoms with van der Waals surface area (Å²) in [5, 5.41) is 1.08. The molecule has 1 fully saturated rings. The first kappa shape index (κ1) is 26.1. The van der Waals surface area contributed by atoms with Gasteiger partial charge >= 0.3 is 0 Å². The van der Waals surface area contributed by atoms with Crippen LogP contribution in [0.4, 0.5) is 0 Å². The monoisotopic (exact) mass is 517 g/mol. The highest BCUT2D eigenvalue weighted by molar-refractivity contribution is 6.01. The first-order chi connectivity index (χ1) is 18.4. The number of benzene rings is 2. The van der Waals surface area contributed by atoms with Crippen LogP contribution in [0.25, 0.3) is 10.9 Å². The smallest absolute Gasteiger partial charge is 0.254 e. The number of piperazine rings is 1. The molecule has 2 amide bonds. The van der Waals surface area contributed by atoms with Crippen LogP contribution in [-0.4, -0.2) is 59.4 Å². The molecule has 7 heteroatoms. The second-order valence-corrected chi connectivity index (χ2v) is 10.5. The van der Waals surface area contributed by atoms with E-state index in [1.165, 1.54) is 0 Å². The van der Waals surface area contributed by atoms with Crippen LogP contribution >= 0.6 is 0 Å². The van der Waals surface area contributed by atoms with Gasteiger partial charge < -0.3 is 24.3 Å². The van der Waals surface area contributed by atoms with E-state index in [1.54, 1.807) is 9.80 Å². The summed E-state index contributed by atoms with van der Waals surface area (Å²) in [7, 11) is 0. The number of unbranched alkanes of at least 4 members (excludes halogenated alkanes) is 2. The molecule has 38 heavy (non-hydrogen) atoms. The van der Waals surface area contributed by atoms with Crippen LogP contribution in [0.2, 0.25) is 0 Å². The number of nitrogens with zero attached hydrogens (tertiary/aromatic N) is 2. The maximum Gasteiger partial charge on any atom is 0.254 e. The fourth-order valence-electron chi connectivity index (χ4n) is 6.05. The van der Waals surface area contributed by atoms with Crippen molar-refractivity contribution in [3.8, 4) is 11.5 Å². The molecule has 2 aliphatic heterocycles. The van der Waals surface area contributed by atoms with Gasteiger partial charge in [0.2, 0.25) is 5.91 Å². The van der Waals surface area contributed by atoms with Crippen molar-refractivity contribution < 1.29 is 19.1 Å². The summed E-state index contributed by atoms with van der Waals surface area (Å²) in [6.07, 6.45) is 3.92. The largest absolute Gasteiger partial charge is 0.490 e. The molecular weight excluding hydrogens is 478 g/mol. The number of hydrogen-bond donors (Lipinski definition) is 1. The number of carbonyl (C=O) groups is 2. The third-order valence-electron chi connectivity index (χ3n) is 7.98. The summed E-state index contributed by atoms with van der Waals surface area (Å²) in [6, 6.07) is 14.3. The predicted octanol–water partition coefficient (Wildman–Crippen LogP) is 5.58. The van der Waals surface area contributed by atoms with Gasteiger partial charge in [0.1, 0.15) is 0 Å². The Bertz CT molecular complexity index is 1330.